The smallest absolute Gasteiger partial charge is 0.274 e. The maximum absolute atomic E-state index is 12.8. The van der Waals surface area contributed by atoms with Gasteiger partial charge in [-0.1, -0.05) is 0 Å². The van der Waals surface area contributed by atoms with Gasteiger partial charge >= 0.3 is 6.18 Å². The van der Waals surface area contributed by atoms with E-state index in [-0.39, 0.29) is 48.9 Å². The summed E-state index contributed by atoms with van der Waals surface area (Å²) in [7, 11) is 0. The lowest BCUT2D eigenvalue weighted by Crippen LogP contribution is -2.29. The molecule has 4 rings (SSSR count). The first-order valence-corrected chi connectivity index (χ1v) is 10.1. The number of imide groups is 2. The van der Waals surface area contributed by atoms with E-state index in [1.807, 2.05) is 0 Å². The van der Waals surface area contributed by atoms with Crippen LogP contribution in [0, 0.1) is 20.2 Å². The Bertz CT molecular complexity index is 1240. The van der Waals surface area contributed by atoms with Crippen molar-refractivity contribution in [1.82, 2.24) is 0 Å². The van der Waals surface area contributed by atoms with Gasteiger partial charge < -0.3 is 0 Å². The molecule has 0 aromatic heterocycles. The number of hydrogen-bond acceptors (Lipinski definition) is 8. The number of non-ortho nitro benzene ring substituents is 1. The van der Waals surface area contributed by atoms with Gasteiger partial charge in [-0.2, -0.15) is 13.2 Å². The summed E-state index contributed by atoms with van der Waals surface area (Å²) in [5.74, 6) is -1.79. The number of amides is 4. The van der Waals surface area contributed by atoms with E-state index in [9.17, 15) is 52.6 Å². The summed E-state index contributed by atoms with van der Waals surface area (Å²) in [4.78, 5) is 66.6. The fourth-order valence-electron chi connectivity index (χ4n) is 3.50. The minimum absolute atomic E-state index is 0.0668. The van der Waals surface area contributed by atoms with Crippen LogP contribution in [0.1, 0.15) is 31.2 Å². The van der Waals surface area contributed by atoms with Crippen LogP contribution < -0.4 is 9.80 Å². The number of benzene rings is 2. The molecule has 2 saturated heterocycles. The van der Waals surface area contributed by atoms with E-state index >= 15 is 0 Å². The highest BCUT2D eigenvalue weighted by atomic mass is 19.4. The normalized spacial score (nSPS) is 15.8. The van der Waals surface area contributed by atoms with E-state index in [1.54, 1.807) is 0 Å². The van der Waals surface area contributed by atoms with Crippen LogP contribution in [0.5, 0.6) is 0 Å². The molecule has 0 N–H and O–H groups in total. The number of rotatable bonds is 4. The molecular weight excluding hydrogens is 493 g/mol. The predicted molar refractivity (Wildman–Crippen MR) is 115 cm³/mol. The Morgan fingerprint density at radius 3 is 1.47 bits per heavy atom. The number of anilines is 2. The van der Waals surface area contributed by atoms with Crippen molar-refractivity contribution in [3.8, 4) is 0 Å². The summed E-state index contributed by atoms with van der Waals surface area (Å²) in [6.45, 7) is 0. The summed E-state index contributed by atoms with van der Waals surface area (Å²) in [6, 6.07) is 7.38. The third-order valence-electron chi connectivity index (χ3n) is 5.16. The number of carbonyl (C=O) groups is 4. The number of nitro groups is 2. The first-order chi connectivity index (χ1) is 16.8. The molecule has 2 aromatic carbocycles. The van der Waals surface area contributed by atoms with Crippen molar-refractivity contribution in [2.24, 2.45) is 0 Å². The maximum Gasteiger partial charge on any atom is 0.423 e. The quantitative estimate of drug-likeness (QED) is 0.344. The molecule has 0 saturated carbocycles. The zero-order chi connectivity index (χ0) is 26.8. The van der Waals surface area contributed by atoms with E-state index in [4.69, 9.17) is 0 Å². The van der Waals surface area contributed by atoms with Crippen molar-refractivity contribution in [3.63, 3.8) is 0 Å². The van der Waals surface area contributed by atoms with Gasteiger partial charge in [0, 0.05) is 43.9 Å². The fraction of sp³-hybridized carbons (Fsp3) is 0.238. The van der Waals surface area contributed by atoms with Crippen molar-refractivity contribution < 1.29 is 42.2 Å². The number of alkyl halides is 3. The van der Waals surface area contributed by atoms with Crippen molar-refractivity contribution in [2.45, 2.75) is 31.9 Å². The number of nitrogens with zero attached hydrogens (tertiary/aromatic N) is 4. The van der Waals surface area contributed by atoms with Gasteiger partial charge in [-0.25, -0.2) is 0 Å². The highest BCUT2D eigenvalue weighted by Crippen LogP contribution is 2.39. The van der Waals surface area contributed by atoms with Gasteiger partial charge in [0.2, 0.25) is 23.6 Å². The van der Waals surface area contributed by atoms with Crippen LogP contribution in [0.15, 0.2) is 42.5 Å². The molecule has 4 amide bonds. The lowest BCUT2D eigenvalue weighted by atomic mass is 10.1. The van der Waals surface area contributed by atoms with Gasteiger partial charge in [-0.05, 0) is 24.3 Å². The Balaban J connectivity index is 0.000000205. The number of nitro benzene ring substituents is 2. The highest BCUT2D eigenvalue weighted by Gasteiger charge is 2.40. The van der Waals surface area contributed by atoms with Crippen LogP contribution in [0.25, 0.3) is 0 Å². The van der Waals surface area contributed by atoms with Gasteiger partial charge in [0.15, 0.2) is 0 Å². The van der Waals surface area contributed by atoms with Crippen molar-refractivity contribution >= 4 is 46.4 Å². The van der Waals surface area contributed by atoms with Crippen LogP contribution in [0.2, 0.25) is 0 Å². The van der Waals surface area contributed by atoms with E-state index in [0.717, 1.165) is 11.0 Å². The summed E-state index contributed by atoms with van der Waals surface area (Å²) >= 11 is 0. The first kappa shape index (κ1) is 25.9. The number of hydrogen-bond donors (Lipinski definition) is 0. The van der Waals surface area contributed by atoms with Crippen molar-refractivity contribution in [1.29, 1.82) is 0 Å². The van der Waals surface area contributed by atoms with Crippen molar-refractivity contribution in [2.75, 3.05) is 9.80 Å². The predicted octanol–water partition coefficient (Wildman–Crippen LogP) is 3.52. The summed E-state index contributed by atoms with van der Waals surface area (Å²) in [5.41, 5.74) is -2.61. The summed E-state index contributed by atoms with van der Waals surface area (Å²) < 4.78 is 38.3. The molecule has 0 radical (unpaired) electrons. The van der Waals surface area contributed by atoms with Gasteiger partial charge in [0.1, 0.15) is 5.56 Å². The molecule has 2 fully saturated rings. The maximum atomic E-state index is 12.8. The van der Waals surface area contributed by atoms with Crippen LogP contribution in [0.3, 0.4) is 0 Å². The molecular formula is C21H15F3N4O8. The van der Waals surface area contributed by atoms with Gasteiger partial charge in [0.25, 0.3) is 11.4 Å². The Kier molecular flexibility index (Phi) is 7.12. The molecule has 2 aromatic rings. The molecule has 2 aliphatic rings. The van der Waals surface area contributed by atoms with Gasteiger partial charge in [-0.15, -0.1) is 0 Å². The molecule has 0 atom stereocenters. The Morgan fingerprint density at radius 1 is 0.667 bits per heavy atom. The molecule has 36 heavy (non-hydrogen) atoms. The third kappa shape index (κ3) is 5.34. The average molecular weight is 508 g/mol. The van der Waals surface area contributed by atoms with Crippen LogP contribution in [-0.4, -0.2) is 33.5 Å². The lowest BCUT2D eigenvalue weighted by molar-refractivity contribution is -0.388. The van der Waals surface area contributed by atoms with E-state index < -0.39 is 39.1 Å². The van der Waals surface area contributed by atoms with E-state index in [1.165, 1.54) is 24.3 Å². The summed E-state index contributed by atoms with van der Waals surface area (Å²) in [5, 5.41) is 21.0. The molecule has 188 valence electrons. The minimum Gasteiger partial charge on any atom is -0.274 e. The molecule has 0 unspecified atom stereocenters. The van der Waals surface area contributed by atoms with E-state index in [0.29, 0.717) is 22.7 Å². The Morgan fingerprint density at radius 2 is 1.08 bits per heavy atom. The molecule has 0 bridgehead atoms. The lowest BCUT2D eigenvalue weighted by Gasteiger charge is -2.16. The zero-order valence-electron chi connectivity index (χ0n) is 18.1. The molecule has 2 heterocycles. The molecule has 0 spiro atoms. The van der Waals surface area contributed by atoms with Crippen molar-refractivity contribution in [3.05, 3.63) is 68.3 Å². The molecule has 12 nitrogen and oxygen atoms in total. The second kappa shape index (κ2) is 9.89. The largest absolute Gasteiger partial charge is 0.423 e. The fourth-order valence-corrected chi connectivity index (χ4v) is 3.50. The Labute approximate surface area is 199 Å². The molecule has 0 aliphatic carbocycles. The average Bonchev–Trinajstić information content (AvgIpc) is 3.33. The highest BCUT2D eigenvalue weighted by molar-refractivity contribution is 6.20. The standard InChI is InChI=1S/C11H7F3N2O4.C10H8N2O4/c12-11(13,14)7-5-6(1-2-8(7)16(19)20)15-9(17)3-4-10(15)18;13-9-5-6-10(14)11(9)7-1-3-8(4-2-7)12(15)16/h1-2,5H,3-4H2;1-4H,5-6H2. The molecule has 15 heteroatoms. The second-order valence-corrected chi connectivity index (χ2v) is 7.48. The topological polar surface area (TPSA) is 161 Å². The second-order valence-electron chi connectivity index (χ2n) is 7.48. The zero-order valence-corrected chi connectivity index (χ0v) is 18.1. The number of halogens is 3. The molecule has 2 aliphatic heterocycles. The van der Waals surface area contributed by atoms with E-state index in [2.05, 4.69) is 0 Å². The monoisotopic (exact) mass is 508 g/mol. The third-order valence-corrected chi connectivity index (χ3v) is 5.16. The number of carbonyl (C=O) groups excluding carboxylic acids is 4. The minimum atomic E-state index is -4.95. The van der Waals surface area contributed by atoms with Crippen LogP contribution in [-0.2, 0) is 25.4 Å². The van der Waals surface area contributed by atoms with Crippen LogP contribution >= 0.6 is 0 Å². The SMILES string of the molecule is O=C1CCC(=O)N1c1ccc([N+](=O)[O-])c(C(F)(F)F)c1.O=C1CCC(=O)N1c1ccc([N+](=O)[O-])cc1. The van der Waals surface area contributed by atoms with Gasteiger partial charge in [0.05, 0.1) is 21.2 Å². The Hall–Kier alpha value is -4.69. The van der Waals surface area contributed by atoms with Gasteiger partial charge in [-0.3, -0.25) is 49.2 Å². The first-order valence-electron chi connectivity index (χ1n) is 10.1. The van der Waals surface area contributed by atoms with Crippen LogP contribution in [0.4, 0.5) is 35.9 Å². The summed E-state index contributed by atoms with van der Waals surface area (Å²) in [6.07, 6.45) is -4.72.